The number of benzene rings is 1. The van der Waals surface area contributed by atoms with Gasteiger partial charge in [0.1, 0.15) is 23.4 Å². The van der Waals surface area contributed by atoms with E-state index >= 15 is 0 Å². The number of aldehydes is 1. The number of hydrogen-bond donors (Lipinski definition) is 4. The van der Waals surface area contributed by atoms with Gasteiger partial charge in [-0.05, 0) is 24.6 Å². The number of nitrogens with one attached hydrogen (secondary N) is 2. The number of nitrogens with two attached hydrogens (primary N) is 2. The van der Waals surface area contributed by atoms with Crippen molar-refractivity contribution in [2.75, 3.05) is 24.3 Å². The molecule has 2 rings (SSSR count). The van der Waals surface area contributed by atoms with Gasteiger partial charge in [-0.3, -0.25) is 4.79 Å². The molecular weight excluding hydrogens is 336 g/mol. The molecule has 1 aromatic carbocycles. The molecule has 0 bridgehead atoms. The lowest BCUT2D eigenvalue weighted by molar-refractivity contribution is -0.109. The van der Waals surface area contributed by atoms with E-state index in [-0.39, 0.29) is 23.2 Å². The maximum absolute atomic E-state index is 11.7. The van der Waals surface area contributed by atoms with Crippen LogP contribution in [-0.4, -0.2) is 41.9 Å². The summed E-state index contributed by atoms with van der Waals surface area (Å²) in [6, 6.07) is 6.55. The van der Waals surface area contributed by atoms with Crippen LogP contribution in [0.4, 0.5) is 17.5 Å². The number of carbonyl (C=O) groups excluding carboxylic acids is 2. The summed E-state index contributed by atoms with van der Waals surface area (Å²) in [5.41, 5.74) is 11.8. The summed E-state index contributed by atoms with van der Waals surface area (Å²) < 4.78 is 5.17. The van der Waals surface area contributed by atoms with E-state index in [4.69, 9.17) is 16.2 Å². The second kappa shape index (κ2) is 8.77. The highest BCUT2D eigenvalue weighted by atomic mass is 16.5. The Labute approximate surface area is 151 Å². The average molecular weight is 358 g/mol. The minimum absolute atomic E-state index is 0.110. The molecule has 6 N–H and O–H groups in total. The van der Waals surface area contributed by atoms with Crippen LogP contribution < -0.4 is 26.8 Å². The van der Waals surface area contributed by atoms with E-state index < -0.39 is 11.9 Å². The molecule has 0 saturated heterocycles. The highest BCUT2D eigenvalue weighted by molar-refractivity contribution is 5.98. The Kier molecular flexibility index (Phi) is 6.45. The third kappa shape index (κ3) is 4.67. The molecule has 0 radical (unpaired) electrons. The summed E-state index contributed by atoms with van der Waals surface area (Å²) in [6.45, 7) is 2.16. The van der Waals surface area contributed by atoms with E-state index in [1.165, 1.54) is 6.20 Å². The Morgan fingerprint density at radius 3 is 2.81 bits per heavy atom. The third-order valence-corrected chi connectivity index (χ3v) is 3.81. The summed E-state index contributed by atoms with van der Waals surface area (Å²) in [5.74, 6) is 0.248. The van der Waals surface area contributed by atoms with Crippen molar-refractivity contribution < 1.29 is 14.3 Å². The topological polar surface area (TPSA) is 145 Å². The summed E-state index contributed by atoms with van der Waals surface area (Å²) in [4.78, 5) is 31.2. The van der Waals surface area contributed by atoms with Gasteiger partial charge < -0.3 is 31.6 Å². The highest BCUT2D eigenvalue weighted by Gasteiger charge is 2.18. The van der Waals surface area contributed by atoms with E-state index in [9.17, 15) is 9.59 Å². The molecule has 1 heterocycles. The van der Waals surface area contributed by atoms with Crippen molar-refractivity contribution in [3.8, 4) is 5.75 Å². The molecule has 0 fully saturated rings. The van der Waals surface area contributed by atoms with Gasteiger partial charge in [-0.2, -0.15) is 4.98 Å². The van der Waals surface area contributed by atoms with Gasteiger partial charge in [0.15, 0.2) is 0 Å². The van der Waals surface area contributed by atoms with Crippen LogP contribution in [0, 0.1) is 5.92 Å². The lowest BCUT2D eigenvalue weighted by atomic mass is 10.0. The maximum Gasteiger partial charge on any atom is 0.254 e. The van der Waals surface area contributed by atoms with Crippen LogP contribution in [0.25, 0.3) is 0 Å². The lowest BCUT2D eigenvalue weighted by Crippen LogP contribution is -2.34. The molecule has 9 heteroatoms. The first-order valence-corrected chi connectivity index (χ1v) is 7.98. The van der Waals surface area contributed by atoms with Crippen LogP contribution in [-0.2, 0) is 4.79 Å². The van der Waals surface area contributed by atoms with E-state index in [1.54, 1.807) is 31.4 Å². The monoisotopic (exact) mass is 358 g/mol. The van der Waals surface area contributed by atoms with E-state index in [0.717, 1.165) is 6.29 Å². The van der Waals surface area contributed by atoms with Crippen molar-refractivity contribution in [2.45, 2.75) is 13.0 Å². The fourth-order valence-corrected chi connectivity index (χ4v) is 2.17. The van der Waals surface area contributed by atoms with Crippen LogP contribution in [0.5, 0.6) is 5.75 Å². The van der Waals surface area contributed by atoms with Crippen molar-refractivity contribution in [3.63, 3.8) is 0 Å². The fraction of sp³-hybridized carbons (Fsp3) is 0.294. The quantitative estimate of drug-likeness (QED) is 0.484. The number of aromatic nitrogens is 2. The van der Waals surface area contributed by atoms with Crippen LogP contribution in [0.1, 0.15) is 17.3 Å². The predicted molar refractivity (Wildman–Crippen MR) is 98.5 cm³/mol. The minimum Gasteiger partial charge on any atom is -0.497 e. The molecule has 1 amide bonds. The zero-order chi connectivity index (χ0) is 19.1. The molecule has 2 atom stereocenters. The summed E-state index contributed by atoms with van der Waals surface area (Å²) in [7, 11) is 1.55. The Morgan fingerprint density at radius 2 is 2.19 bits per heavy atom. The number of primary amides is 1. The number of methoxy groups -OCH3 is 1. The number of carbonyl (C=O) groups is 2. The second-order valence-corrected chi connectivity index (χ2v) is 5.70. The predicted octanol–water partition coefficient (Wildman–Crippen LogP) is 0.902. The van der Waals surface area contributed by atoms with Crippen molar-refractivity contribution >= 4 is 29.6 Å². The van der Waals surface area contributed by atoms with Gasteiger partial charge in [-0.15, -0.1) is 0 Å². The first-order chi connectivity index (χ1) is 12.5. The summed E-state index contributed by atoms with van der Waals surface area (Å²) in [6.07, 6.45) is 2.05. The molecule has 0 aliphatic rings. The number of rotatable bonds is 9. The number of ether oxygens (including phenoxy) is 1. The first-order valence-electron chi connectivity index (χ1n) is 7.98. The number of hydrogen-bond acceptors (Lipinski definition) is 8. The SMILES string of the molecule is COc1cccc(Nc2nc(NC(C=O)C(C)CN)ncc2C(N)=O)c1. The van der Waals surface area contributed by atoms with Gasteiger partial charge in [0.25, 0.3) is 5.91 Å². The Morgan fingerprint density at radius 1 is 1.42 bits per heavy atom. The van der Waals surface area contributed by atoms with Crippen LogP contribution in [0.2, 0.25) is 0 Å². The normalized spacial score (nSPS) is 12.7. The molecule has 0 saturated carbocycles. The third-order valence-electron chi connectivity index (χ3n) is 3.81. The molecule has 9 nitrogen and oxygen atoms in total. The standard InChI is InChI=1S/C17H22N6O3/c1-10(7-18)14(9-24)22-17-20-8-13(15(19)25)16(23-17)21-11-4-3-5-12(6-11)26-2/h3-6,8-10,14H,7,18H2,1-2H3,(H2,19,25)(H2,20,21,22,23). The van der Waals surface area contributed by atoms with Gasteiger partial charge in [-0.25, -0.2) is 4.98 Å². The van der Waals surface area contributed by atoms with Crippen molar-refractivity contribution in [1.82, 2.24) is 9.97 Å². The Hall–Kier alpha value is -3.20. The first kappa shape index (κ1) is 19.1. The van der Waals surface area contributed by atoms with Crippen molar-refractivity contribution in [1.29, 1.82) is 0 Å². The average Bonchev–Trinajstić information content (AvgIpc) is 2.65. The molecule has 0 aliphatic carbocycles. The van der Waals surface area contributed by atoms with E-state index in [0.29, 0.717) is 18.0 Å². The van der Waals surface area contributed by atoms with Crippen LogP contribution in [0.3, 0.4) is 0 Å². The Balaban J connectivity index is 2.33. The van der Waals surface area contributed by atoms with E-state index in [1.807, 2.05) is 6.92 Å². The van der Waals surface area contributed by atoms with Crippen LogP contribution >= 0.6 is 0 Å². The molecule has 1 aromatic heterocycles. The van der Waals surface area contributed by atoms with Gasteiger partial charge in [0, 0.05) is 18.0 Å². The smallest absolute Gasteiger partial charge is 0.254 e. The Bertz CT molecular complexity index is 783. The highest BCUT2D eigenvalue weighted by Crippen LogP contribution is 2.23. The van der Waals surface area contributed by atoms with Crippen molar-refractivity contribution in [2.24, 2.45) is 17.4 Å². The van der Waals surface area contributed by atoms with Gasteiger partial charge >= 0.3 is 0 Å². The lowest BCUT2D eigenvalue weighted by Gasteiger charge is -2.19. The molecule has 138 valence electrons. The number of nitrogens with zero attached hydrogens (tertiary/aromatic N) is 2. The maximum atomic E-state index is 11.7. The molecule has 26 heavy (non-hydrogen) atoms. The zero-order valence-electron chi connectivity index (χ0n) is 14.6. The molecule has 0 spiro atoms. The fourth-order valence-electron chi connectivity index (χ4n) is 2.17. The van der Waals surface area contributed by atoms with Gasteiger partial charge in [0.05, 0.1) is 13.2 Å². The van der Waals surface area contributed by atoms with Gasteiger partial charge in [-0.1, -0.05) is 13.0 Å². The molecule has 2 unspecified atom stereocenters. The number of amides is 1. The molecule has 2 aromatic rings. The van der Waals surface area contributed by atoms with Crippen molar-refractivity contribution in [3.05, 3.63) is 36.0 Å². The van der Waals surface area contributed by atoms with Gasteiger partial charge in [0.2, 0.25) is 5.95 Å². The van der Waals surface area contributed by atoms with Crippen LogP contribution in [0.15, 0.2) is 30.5 Å². The summed E-state index contributed by atoms with van der Waals surface area (Å²) in [5, 5.41) is 5.93. The summed E-state index contributed by atoms with van der Waals surface area (Å²) >= 11 is 0. The number of anilines is 3. The largest absolute Gasteiger partial charge is 0.497 e. The minimum atomic E-state index is -0.677. The molecule has 0 aliphatic heterocycles. The molecular formula is C17H22N6O3. The van der Waals surface area contributed by atoms with E-state index in [2.05, 4.69) is 20.6 Å². The second-order valence-electron chi connectivity index (χ2n) is 5.70. The zero-order valence-corrected chi connectivity index (χ0v) is 14.6.